The highest BCUT2D eigenvalue weighted by Gasteiger charge is 2.13. The van der Waals surface area contributed by atoms with Gasteiger partial charge in [0.25, 0.3) is 5.91 Å². The van der Waals surface area contributed by atoms with Crippen molar-refractivity contribution in [3.05, 3.63) is 26.9 Å². The molecule has 0 radical (unpaired) electrons. The Morgan fingerprint density at radius 3 is 2.50 bits per heavy atom. The Labute approximate surface area is 98.5 Å². The monoisotopic (exact) mass is 321 g/mol. The van der Waals surface area contributed by atoms with E-state index in [0.717, 1.165) is 0 Å². The van der Waals surface area contributed by atoms with Gasteiger partial charge < -0.3 is 11.1 Å². The lowest BCUT2D eigenvalue weighted by molar-refractivity contribution is 0.0953. The number of pyridine rings is 1. The second kappa shape index (κ2) is 5.43. The third kappa shape index (κ3) is 2.76. The Morgan fingerprint density at radius 2 is 2.00 bits per heavy atom. The fraction of sp³-hybridized carbons (Fsp3) is 0.250. The molecule has 1 aromatic heterocycles. The molecular formula is C8H9Br2N3O. The second-order valence-corrected chi connectivity index (χ2v) is 4.23. The molecule has 4 nitrogen and oxygen atoms in total. The molecule has 0 aliphatic carbocycles. The minimum Gasteiger partial charge on any atom is -0.351 e. The van der Waals surface area contributed by atoms with Crippen LogP contribution in [0.25, 0.3) is 0 Å². The van der Waals surface area contributed by atoms with Crippen molar-refractivity contribution in [1.29, 1.82) is 0 Å². The number of aromatic nitrogens is 1. The summed E-state index contributed by atoms with van der Waals surface area (Å²) < 4.78 is 1.31. The molecular weight excluding hydrogens is 314 g/mol. The van der Waals surface area contributed by atoms with Gasteiger partial charge in [-0.3, -0.25) is 9.78 Å². The zero-order valence-electron chi connectivity index (χ0n) is 7.26. The van der Waals surface area contributed by atoms with Crippen molar-refractivity contribution in [3.8, 4) is 0 Å². The van der Waals surface area contributed by atoms with Crippen LogP contribution < -0.4 is 11.1 Å². The van der Waals surface area contributed by atoms with E-state index in [2.05, 4.69) is 42.2 Å². The van der Waals surface area contributed by atoms with E-state index in [0.29, 0.717) is 27.6 Å². The van der Waals surface area contributed by atoms with Gasteiger partial charge in [-0.1, -0.05) is 0 Å². The summed E-state index contributed by atoms with van der Waals surface area (Å²) in [4.78, 5) is 15.5. The lowest BCUT2D eigenvalue weighted by atomic mass is 10.2. The summed E-state index contributed by atoms with van der Waals surface area (Å²) in [5, 5.41) is 2.68. The van der Waals surface area contributed by atoms with E-state index in [1.807, 2.05) is 0 Å². The lowest BCUT2D eigenvalue weighted by Crippen LogP contribution is -2.29. The van der Waals surface area contributed by atoms with Crippen LogP contribution in [0.1, 0.15) is 10.4 Å². The van der Waals surface area contributed by atoms with Crippen LogP contribution in [-0.2, 0) is 0 Å². The molecule has 0 fully saturated rings. The summed E-state index contributed by atoms with van der Waals surface area (Å²) in [7, 11) is 0. The maximum absolute atomic E-state index is 11.6. The van der Waals surface area contributed by atoms with Crippen molar-refractivity contribution in [2.75, 3.05) is 13.1 Å². The van der Waals surface area contributed by atoms with Crippen molar-refractivity contribution < 1.29 is 4.79 Å². The van der Waals surface area contributed by atoms with Gasteiger partial charge in [0, 0.05) is 34.4 Å². The molecule has 3 N–H and O–H groups in total. The largest absolute Gasteiger partial charge is 0.351 e. The Hall–Kier alpha value is -0.460. The van der Waals surface area contributed by atoms with Crippen molar-refractivity contribution in [2.45, 2.75) is 0 Å². The minimum atomic E-state index is -0.170. The number of hydrogen-bond acceptors (Lipinski definition) is 3. The summed E-state index contributed by atoms with van der Waals surface area (Å²) >= 11 is 6.51. The first-order chi connectivity index (χ1) is 6.66. The number of rotatable bonds is 3. The molecule has 6 heteroatoms. The predicted octanol–water partition coefficient (Wildman–Crippen LogP) is 1.30. The zero-order valence-corrected chi connectivity index (χ0v) is 10.4. The smallest absolute Gasteiger partial charge is 0.253 e. The third-order valence-corrected chi connectivity index (χ3v) is 2.71. The van der Waals surface area contributed by atoms with Gasteiger partial charge in [-0.25, -0.2) is 0 Å². The quantitative estimate of drug-likeness (QED) is 0.881. The van der Waals surface area contributed by atoms with Crippen LogP contribution in [0.2, 0.25) is 0 Å². The van der Waals surface area contributed by atoms with Crippen molar-refractivity contribution >= 4 is 37.8 Å². The molecule has 1 amide bonds. The standard InChI is InChI=1S/C8H9Br2N3O/c9-5-3-12-4-6(10)7(5)8(14)13-2-1-11/h3-4H,1-2,11H2,(H,13,14). The highest BCUT2D eigenvalue weighted by Crippen LogP contribution is 2.23. The van der Waals surface area contributed by atoms with Gasteiger partial charge in [-0.15, -0.1) is 0 Å². The Balaban J connectivity index is 2.89. The van der Waals surface area contributed by atoms with Gasteiger partial charge >= 0.3 is 0 Å². The average Bonchev–Trinajstić information content (AvgIpc) is 2.14. The molecule has 0 atom stereocenters. The van der Waals surface area contributed by atoms with Gasteiger partial charge in [-0.2, -0.15) is 0 Å². The van der Waals surface area contributed by atoms with Crippen LogP contribution in [0.4, 0.5) is 0 Å². The van der Waals surface area contributed by atoms with Crippen molar-refractivity contribution in [1.82, 2.24) is 10.3 Å². The maximum Gasteiger partial charge on any atom is 0.253 e. The number of carbonyl (C=O) groups is 1. The van der Waals surface area contributed by atoms with Crippen LogP contribution in [0.5, 0.6) is 0 Å². The van der Waals surface area contributed by atoms with Gasteiger partial charge in [-0.05, 0) is 31.9 Å². The lowest BCUT2D eigenvalue weighted by Gasteiger charge is -2.06. The molecule has 0 aromatic carbocycles. The Morgan fingerprint density at radius 1 is 1.43 bits per heavy atom. The first-order valence-corrected chi connectivity index (χ1v) is 5.52. The fourth-order valence-corrected chi connectivity index (χ4v) is 2.19. The summed E-state index contributed by atoms with van der Waals surface area (Å²) in [5.41, 5.74) is 5.82. The first-order valence-electron chi connectivity index (χ1n) is 3.94. The molecule has 0 saturated carbocycles. The molecule has 0 unspecified atom stereocenters. The van der Waals surface area contributed by atoms with Crippen LogP contribution in [0, 0.1) is 0 Å². The Bertz CT molecular complexity index is 323. The molecule has 76 valence electrons. The van der Waals surface area contributed by atoms with Crippen LogP contribution in [-0.4, -0.2) is 24.0 Å². The van der Waals surface area contributed by atoms with Crippen LogP contribution in [0.3, 0.4) is 0 Å². The zero-order chi connectivity index (χ0) is 10.6. The van der Waals surface area contributed by atoms with Gasteiger partial charge in [0.05, 0.1) is 5.56 Å². The highest BCUT2D eigenvalue weighted by molar-refractivity contribution is 9.11. The van der Waals surface area contributed by atoms with E-state index in [1.54, 1.807) is 12.4 Å². The number of hydrogen-bond donors (Lipinski definition) is 2. The van der Waals surface area contributed by atoms with Crippen LogP contribution >= 0.6 is 31.9 Å². The molecule has 1 rings (SSSR count). The number of nitrogens with one attached hydrogen (secondary N) is 1. The van der Waals surface area contributed by atoms with E-state index in [1.165, 1.54) is 0 Å². The van der Waals surface area contributed by atoms with E-state index in [9.17, 15) is 4.79 Å². The maximum atomic E-state index is 11.6. The molecule has 1 aromatic rings. The topological polar surface area (TPSA) is 68.0 Å². The normalized spacial score (nSPS) is 9.93. The van der Waals surface area contributed by atoms with E-state index < -0.39 is 0 Å². The Kier molecular flexibility index (Phi) is 4.50. The molecule has 0 bridgehead atoms. The molecule has 14 heavy (non-hydrogen) atoms. The molecule has 0 aliphatic rings. The summed E-state index contributed by atoms with van der Waals surface area (Å²) in [6.07, 6.45) is 3.14. The number of halogens is 2. The number of nitrogens with two attached hydrogens (primary N) is 1. The molecule has 1 heterocycles. The van der Waals surface area contributed by atoms with Crippen molar-refractivity contribution in [2.24, 2.45) is 5.73 Å². The van der Waals surface area contributed by atoms with Crippen molar-refractivity contribution in [3.63, 3.8) is 0 Å². The number of nitrogens with zero attached hydrogens (tertiary/aromatic N) is 1. The number of amides is 1. The predicted molar refractivity (Wildman–Crippen MR) is 61.0 cm³/mol. The first kappa shape index (κ1) is 11.6. The van der Waals surface area contributed by atoms with Gasteiger partial charge in [0.15, 0.2) is 0 Å². The molecule has 0 aliphatic heterocycles. The van der Waals surface area contributed by atoms with Gasteiger partial charge in [0.2, 0.25) is 0 Å². The third-order valence-electron chi connectivity index (χ3n) is 1.51. The minimum absolute atomic E-state index is 0.170. The molecule has 0 saturated heterocycles. The van der Waals surface area contributed by atoms with E-state index in [-0.39, 0.29) is 5.91 Å². The summed E-state index contributed by atoms with van der Waals surface area (Å²) in [6, 6.07) is 0. The number of carbonyl (C=O) groups excluding carboxylic acids is 1. The summed E-state index contributed by atoms with van der Waals surface area (Å²) in [5.74, 6) is -0.170. The SMILES string of the molecule is NCCNC(=O)c1c(Br)cncc1Br. The summed E-state index contributed by atoms with van der Waals surface area (Å²) in [6.45, 7) is 0.881. The fourth-order valence-electron chi connectivity index (χ4n) is 0.902. The molecule has 0 spiro atoms. The van der Waals surface area contributed by atoms with E-state index >= 15 is 0 Å². The average molecular weight is 323 g/mol. The van der Waals surface area contributed by atoms with Gasteiger partial charge in [0.1, 0.15) is 0 Å². The second-order valence-electron chi connectivity index (χ2n) is 2.52. The van der Waals surface area contributed by atoms with Crippen LogP contribution in [0.15, 0.2) is 21.3 Å². The van der Waals surface area contributed by atoms with E-state index in [4.69, 9.17) is 5.73 Å². The highest BCUT2D eigenvalue weighted by atomic mass is 79.9.